The van der Waals surface area contributed by atoms with Gasteiger partial charge in [-0.3, -0.25) is 19.8 Å². The van der Waals surface area contributed by atoms with Gasteiger partial charge in [0.2, 0.25) is 15.7 Å². The largest absolute Gasteiger partial charge is 0.379 e. The first-order valence-corrected chi connectivity index (χ1v) is 11.3. The monoisotopic (exact) mass is 446 g/mol. The molecule has 0 spiro atoms. The molecule has 2 aliphatic heterocycles. The summed E-state index contributed by atoms with van der Waals surface area (Å²) in [5, 5.41) is 14.9. The van der Waals surface area contributed by atoms with Crippen molar-refractivity contribution in [3.8, 4) is 0 Å². The van der Waals surface area contributed by atoms with Gasteiger partial charge in [0.05, 0.1) is 33.5 Å². The molecule has 0 aliphatic carbocycles. The summed E-state index contributed by atoms with van der Waals surface area (Å²) in [5.41, 5.74) is 5.76. The van der Waals surface area contributed by atoms with Crippen LogP contribution < -0.4 is 11.1 Å². The Bertz CT molecular complexity index is 1140. The molecule has 3 N–H and O–H groups in total. The lowest BCUT2D eigenvalue weighted by Gasteiger charge is -2.29. The topological polar surface area (TPSA) is 145 Å². The second-order valence-corrected chi connectivity index (χ2v) is 9.47. The standard InChI is InChI=1S/C20H22N4O6S/c21-20(25)16-3-1-2-4-18(16)31(28,29)15-10-13-9-14(12-23-5-7-30-8-6-23)22-19(13)17(11-15)24(26)27/h1-4,10-11,14,22H,5-9,12H2,(H2,21,25)/t14-/m1/s1. The normalized spacial score (nSPS) is 18.9. The SMILES string of the molecule is NC(=O)c1ccccc1S(=O)(=O)c1cc2c(c([N+](=O)[O-])c1)N[C@@H](CN1CCOCC1)C2. The van der Waals surface area contributed by atoms with E-state index in [2.05, 4.69) is 10.2 Å². The first kappa shape index (κ1) is 21.2. The molecule has 1 atom stereocenters. The first-order valence-electron chi connectivity index (χ1n) is 9.79. The number of fused-ring (bicyclic) bond motifs is 1. The Labute approximate surface area is 179 Å². The van der Waals surface area contributed by atoms with Gasteiger partial charge in [0.1, 0.15) is 5.69 Å². The minimum Gasteiger partial charge on any atom is -0.379 e. The number of ether oxygens (including phenoxy) is 1. The van der Waals surface area contributed by atoms with E-state index >= 15 is 0 Å². The molecule has 0 radical (unpaired) electrons. The van der Waals surface area contributed by atoms with E-state index in [1.807, 2.05) is 0 Å². The molecule has 0 aromatic heterocycles. The van der Waals surface area contributed by atoms with Crippen LogP contribution in [0.1, 0.15) is 15.9 Å². The molecule has 2 aromatic carbocycles. The number of nitro groups is 1. The average molecular weight is 446 g/mol. The number of nitrogens with one attached hydrogen (secondary N) is 1. The zero-order valence-corrected chi connectivity index (χ0v) is 17.4. The number of hydrogen-bond donors (Lipinski definition) is 2. The molecule has 1 saturated heterocycles. The summed E-state index contributed by atoms with van der Waals surface area (Å²) in [6.45, 7) is 3.51. The maximum atomic E-state index is 13.3. The van der Waals surface area contributed by atoms with Gasteiger partial charge in [-0.15, -0.1) is 0 Å². The van der Waals surface area contributed by atoms with E-state index in [1.54, 1.807) is 0 Å². The fourth-order valence-electron chi connectivity index (χ4n) is 4.04. The quantitative estimate of drug-likeness (QED) is 0.497. The van der Waals surface area contributed by atoms with E-state index in [-0.39, 0.29) is 27.1 Å². The van der Waals surface area contributed by atoms with Crippen molar-refractivity contribution in [2.75, 3.05) is 38.2 Å². The molecule has 1 amide bonds. The van der Waals surface area contributed by atoms with Crippen molar-refractivity contribution in [1.29, 1.82) is 0 Å². The zero-order valence-electron chi connectivity index (χ0n) is 16.6. The zero-order chi connectivity index (χ0) is 22.2. The highest BCUT2D eigenvalue weighted by Gasteiger charge is 2.33. The number of carbonyl (C=O) groups excluding carboxylic acids is 1. The molecule has 2 aliphatic rings. The fraction of sp³-hybridized carbons (Fsp3) is 0.350. The predicted octanol–water partition coefficient (Wildman–Crippen LogP) is 1.20. The van der Waals surface area contributed by atoms with E-state index in [0.29, 0.717) is 37.4 Å². The van der Waals surface area contributed by atoms with Gasteiger partial charge >= 0.3 is 0 Å². The van der Waals surface area contributed by atoms with Crippen LogP contribution in [0, 0.1) is 10.1 Å². The van der Waals surface area contributed by atoms with Gasteiger partial charge in [0.25, 0.3) is 5.69 Å². The maximum absolute atomic E-state index is 13.3. The highest BCUT2D eigenvalue weighted by atomic mass is 32.2. The number of sulfone groups is 1. The number of rotatable bonds is 6. The highest BCUT2D eigenvalue weighted by Crippen LogP contribution is 2.39. The molecule has 4 rings (SSSR count). The fourth-order valence-corrected chi connectivity index (χ4v) is 5.58. The number of primary amides is 1. The summed E-state index contributed by atoms with van der Waals surface area (Å²) in [4.78, 5) is 24.5. The summed E-state index contributed by atoms with van der Waals surface area (Å²) >= 11 is 0. The molecule has 11 heteroatoms. The van der Waals surface area contributed by atoms with Crippen LogP contribution in [0.15, 0.2) is 46.2 Å². The van der Waals surface area contributed by atoms with Crippen molar-refractivity contribution in [3.63, 3.8) is 0 Å². The second kappa shape index (κ2) is 8.25. The predicted molar refractivity (Wildman–Crippen MR) is 112 cm³/mol. The van der Waals surface area contributed by atoms with Crippen LogP contribution in [0.2, 0.25) is 0 Å². The molecule has 0 unspecified atom stereocenters. The van der Waals surface area contributed by atoms with Crippen molar-refractivity contribution in [2.45, 2.75) is 22.3 Å². The first-order chi connectivity index (χ1) is 14.8. The van der Waals surface area contributed by atoms with Gasteiger partial charge in [0, 0.05) is 31.7 Å². The Morgan fingerprint density at radius 3 is 2.65 bits per heavy atom. The lowest BCUT2D eigenvalue weighted by atomic mass is 10.1. The smallest absolute Gasteiger partial charge is 0.293 e. The van der Waals surface area contributed by atoms with Crippen molar-refractivity contribution < 1.29 is 22.9 Å². The molecule has 10 nitrogen and oxygen atoms in total. The molecule has 164 valence electrons. The summed E-state index contributed by atoms with van der Waals surface area (Å²) in [7, 11) is -4.20. The molecule has 2 aromatic rings. The van der Waals surface area contributed by atoms with E-state index in [4.69, 9.17) is 10.5 Å². The Morgan fingerprint density at radius 2 is 1.97 bits per heavy atom. The van der Waals surface area contributed by atoms with Crippen molar-refractivity contribution in [2.24, 2.45) is 5.73 Å². The number of nitrogens with zero attached hydrogens (tertiary/aromatic N) is 2. The maximum Gasteiger partial charge on any atom is 0.293 e. The van der Waals surface area contributed by atoms with Crippen LogP contribution in [-0.4, -0.2) is 63.0 Å². The third kappa shape index (κ3) is 4.11. The lowest BCUT2D eigenvalue weighted by Crippen LogP contribution is -2.42. The minimum absolute atomic E-state index is 0.0809. The Morgan fingerprint density at radius 1 is 1.26 bits per heavy atom. The number of morpholine rings is 1. The number of nitrogens with two attached hydrogens (primary N) is 1. The summed E-state index contributed by atoms with van der Waals surface area (Å²) in [6, 6.07) is 7.97. The third-order valence-corrected chi connectivity index (χ3v) is 7.31. The molecule has 0 bridgehead atoms. The van der Waals surface area contributed by atoms with Gasteiger partial charge in [-0.2, -0.15) is 0 Å². The van der Waals surface area contributed by atoms with Crippen LogP contribution in [0.25, 0.3) is 0 Å². The van der Waals surface area contributed by atoms with E-state index in [9.17, 15) is 23.3 Å². The molecule has 1 fully saturated rings. The third-order valence-electron chi connectivity index (χ3n) is 5.52. The Hall–Kier alpha value is -3.02. The number of nitro benzene ring substituents is 1. The molecule has 0 saturated carbocycles. The van der Waals surface area contributed by atoms with Gasteiger partial charge in [-0.05, 0) is 30.2 Å². The Balaban J connectivity index is 1.71. The van der Waals surface area contributed by atoms with Gasteiger partial charge in [0.15, 0.2) is 0 Å². The number of carbonyl (C=O) groups is 1. The van der Waals surface area contributed by atoms with E-state index in [0.717, 1.165) is 19.2 Å². The second-order valence-electron chi connectivity index (χ2n) is 7.56. The Kier molecular flexibility index (Phi) is 5.65. The summed E-state index contributed by atoms with van der Waals surface area (Å²) < 4.78 is 31.9. The van der Waals surface area contributed by atoms with Gasteiger partial charge in [-0.25, -0.2) is 8.42 Å². The number of anilines is 1. The lowest BCUT2D eigenvalue weighted by molar-refractivity contribution is -0.384. The van der Waals surface area contributed by atoms with Crippen LogP contribution in [-0.2, 0) is 21.0 Å². The molecular weight excluding hydrogens is 424 g/mol. The van der Waals surface area contributed by atoms with Crippen molar-refractivity contribution >= 4 is 27.1 Å². The molecule has 2 heterocycles. The van der Waals surface area contributed by atoms with Crippen LogP contribution in [0.4, 0.5) is 11.4 Å². The average Bonchev–Trinajstić information content (AvgIpc) is 3.15. The highest BCUT2D eigenvalue weighted by molar-refractivity contribution is 7.91. The number of hydrogen-bond acceptors (Lipinski definition) is 8. The summed E-state index contributed by atoms with van der Waals surface area (Å²) in [5.74, 6) is -0.887. The van der Waals surface area contributed by atoms with Gasteiger partial charge < -0.3 is 15.8 Å². The van der Waals surface area contributed by atoms with Crippen LogP contribution in [0.3, 0.4) is 0 Å². The van der Waals surface area contributed by atoms with Crippen molar-refractivity contribution in [3.05, 3.63) is 57.6 Å². The number of amides is 1. The van der Waals surface area contributed by atoms with Crippen LogP contribution in [0.5, 0.6) is 0 Å². The van der Waals surface area contributed by atoms with Gasteiger partial charge in [-0.1, -0.05) is 12.1 Å². The van der Waals surface area contributed by atoms with Crippen molar-refractivity contribution in [1.82, 2.24) is 4.90 Å². The minimum atomic E-state index is -4.20. The van der Waals surface area contributed by atoms with E-state index in [1.165, 1.54) is 30.3 Å². The van der Waals surface area contributed by atoms with Crippen LogP contribution >= 0.6 is 0 Å². The van der Waals surface area contributed by atoms with E-state index < -0.39 is 20.7 Å². The summed E-state index contributed by atoms with van der Waals surface area (Å²) in [6.07, 6.45) is 0.453. The molecule has 31 heavy (non-hydrogen) atoms. The number of benzene rings is 2. The molecular formula is C20H22N4O6S.